The second-order valence-corrected chi connectivity index (χ2v) is 2.76. The smallest absolute Gasteiger partial charge is 0.337 e. The molecule has 1 rings (SSSR count). The summed E-state index contributed by atoms with van der Waals surface area (Å²) in [5, 5.41) is 9.40. The summed E-state index contributed by atoms with van der Waals surface area (Å²) in [4.78, 5) is 21.3. The van der Waals surface area contributed by atoms with Gasteiger partial charge in [0.1, 0.15) is 12.0 Å². The Morgan fingerprint density at radius 2 is 2.20 bits per heavy atom. The molecule has 0 radical (unpaired) electrons. The number of allylic oxidation sites excluding steroid dienone is 1. The topological polar surface area (TPSA) is 63.6 Å². The molecule has 4 heteroatoms. The molecule has 15 heavy (non-hydrogen) atoms. The van der Waals surface area contributed by atoms with Gasteiger partial charge in [-0.25, -0.2) is 4.79 Å². The van der Waals surface area contributed by atoms with E-state index in [0.717, 1.165) is 0 Å². The quantitative estimate of drug-likeness (QED) is 0.461. The van der Waals surface area contributed by atoms with Gasteiger partial charge < -0.3 is 9.84 Å². The van der Waals surface area contributed by atoms with Crippen LogP contribution >= 0.6 is 0 Å². The molecule has 0 heterocycles. The standard InChI is InChI=1S/C11H10O4/c1-15-11(14)9-4-5-10(13)8(7-9)3-2-6-12/h2-7,13H,1H3. The largest absolute Gasteiger partial charge is 0.507 e. The molecule has 0 amide bonds. The number of phenolic OH excluding ortho intramolecular Hbond substituents is 1. The van der Waals surface area contributed by atoms with Gasteiger partial charge in [0.15, 0.2) is 0 Å². The zero-order chi connectivity index (χ0) is 11.3. The SMILES string of the molecule is COC(=O)c1ccc(O)c(C=CC=O)c1. The van der Waals surface area contributed by atoms with E-state index < -0.39 is 5.97 Å². The van der Waals surface area contributed by atoms with Crippen molar-refractivity contribution < 1.29 is 19.4 Å². The molecule has 0 aliphatic heterocycles. The lowest BCUT2D eigenvalue weighted by molar-refractivity contribution is -0.104. The number of hydrogen-bond donors (Lipinski definition) is 1. The maximum atomic E-state index is 11.2. The van der Waals surface area contributed by atoms with Gasteiger partial charge in [0.25, 0.3) is 0 Å². The first kappa shape index (κ1) is 11.0. The van der Waals surface area contributed by atoms with Crippen LogP contribution in [0.5, 0.6) is 5.75 Å². The summed E-state index contributed by atoms with van der Waals surface area (Å²) in [6.45, 7) is 0. The van der Waals surface area contributed by atoms with E-state index in [9.17, 15) is 14.7 Å². The first-order valence-electron chi connectivity index (χ1n) is 4.22. The summed E-state index contributed by atoms with van der Waals surface area (Å²) in [5.74, 6) is -0.489. The second kappa shape index (κ2) is 4.95. The zero-order valence-electron chi connectivity index (χ0n) is 8.14. The molecule has 4 nitrogen and oxygen atoms in total. The van der Waals surface area contributed by atoms with E-state index in [1.165, 1.54) is 37.5 Å². The van der Waals surface area contributed by atoms with Gasteiger partial charge in [-0.1, -0.05) is 0 Å². The number of benzene rings is 1. The van der Waals surface area contributed by atoms with Gasteiger partial charge in [-0.05, 0) is 30.4 Å². The molecule has 0 aliphatic rings. The number of methoxy groups -OCH3 is 1. The molecular weight excluding hydrogens is 196 g/mol. The minimum absolute atomic E-state index is 0.000697. The summed E-state index contributed by atoms with van der Waals surface area (Å²) in [6.07, 6.45) is 3.23. The van der Waals surface area contributed by atoms with Crippen molar-refractivity contribution in [3.05, 3.63) is 35.4 Å². The molecule has 0 saturated carbocycles. The Bertz CT molecular complexity index is 407. The maximum absolute atomic E-state index is 11.2. The Hall–Kier alpha value is -2.10. The molecule has 0 spiro atoms. The van der Waals surface area contributed by atoms with Crippen LogP contribution in [0.3, 0.4) is 0 Å². The molecule has 1 N–H and O–H groups in total. The lowest BCUT2D eigenvalue weighted by Gasteiger charge is -2.02. The van der Waals surface area contributed by atoms with E-state index >= 15 is 0 Å². The van der Waals surface area contributed by atoms with Gasteiger partial charge in [0.05, 0.1) is 12.7 Å². The third-order valence-electron chi connectivity index (χ3n) is 1.80. The number of ether oxygens (including phenoxy) is 1. The molecule has 0 fully saturated rings. The predicted molar refractivity (Wildman–Crippen MR) is 54.5 cm³/mol. The Balaban J connectivity index is 3.10. The highest BCUT2D eigenvalue weighted by atomic mass is 16.5. The minimum atomic E-state index is -0.490. The van der Waals surface area contributed by atoms with Crippen molar-refractivity contribution in [3.8, 4) is 5.75 Å². The first-order chi connectivity index (χ1) is 7.19. The molecule has 78 valence electrons. The number of esters is 1. The van der Waals surface area contributed by atoms with Crippen molar-refractivity contribution in [2.24, 2.45) is 0 Å². The summed E-state index contributed by atoms with van der Waals surface area (Å²) in [6, 6.07) is 4.26. The predicted octanol–water partition coefficient (Wildman–Crippen LogP) is 1.39. The van der Waals surface area contributed by atoms with Crippen LogP contribution in [0, 0.1) is 0 Å². The third-order valence-corrected chi connectivity index (χ3v) is 1.80. The van der Waals surface area contributed by atoms with Crippen LogP contribution in [0.1, 0.15) is 15.9 Å². The molecule has 0 unspecified atom stereocenters. The molecule has 1 aromatic rings. The molecular formula is C11H10O4. The van der Waals surface area contributed by atoms with Crippen LogP contribution in [-0.4, -0.2) is 24.5 Å². The number of phenols is 1. The molecule has 0 aromatic heterocycles. The minimum Gasteiger partial charge on any atom is -0.507 e. The zero-order valence-corrected chi connectivity index (χ0v) is 8.14. The van der Waals surface area contributed by atoms with Gasteiger partial charge >= 0.3 is 5.97 Å². The van der Waals surface area contributed by atoms with Crippen LogP contribution in [-0.2, 0) is 9.53 Å². The first-order valence-corrected chi connectivity index (χ1v) is 4.22. The van der Waals surface area contributed by atoms with Gasteiger partial charge in [0, 0.05) is 5.56 Å². The Kier molecular flexibility index (Phi) is 3.62. The van der Waals surface area contributed by atoms with Gasteiger partial charge in [-0.2, -0.15) is 0 Å². The van der Waals surface area contributed by atoms with E-state index in [-0.39, 0.29) is 5.75 Å². The number of hydrogen-bond acceptors (Lipinski definition) is 4. The highest BCUT2D eigenvalue weighted by Crippen LogP contribution is 2.20. The normalized spacial score (nSPS) is 10.2. The third kappa shape index (κ3) is 2.67. The number of rotatable bonds is 3. The summed E-state index contributed by atoms with van der Waals surface area (Å²) in [5.41, 5.74) is 0.714. The number of aldehydes is 1. The molecule has 0 atom stereocenters. The Morgan fingerprint density at radius 3 is 2.80 bits per heavy atom. The van der Waals surface area contributed by atoms with Crippen LogP contribution < -0.4 is 0 Å². The van der Waals surface area contributed by atoms with Crippen LogP contribution in [0.2, 0.25) is 0 Å². The Morgan fingerprint density at radius 1 is 1.47 bits per heavy atom. The Labute approximate surface area is 86.8 Å². The fourth-order valence-electron chi connectivity index (χ4n) is 1.08. The highest BCUT2D eigenvalue weighted by Gasteiger charge is 2.07. The summed E-state index contributed by atoms with van der Waals surface area (Å²) >= 11 is 0. The van der Waals surface area contributed by atoms with Crippen molar-refractivity contribution in [1.29, 1.82) is 0 Å². The van der Waals surface area contributed by atoms with Crippen LogP contribution in [0.15, 0.2) is 24.3 Å². The molecule has 0 bridgehead atoms. The van der Waals surface area contributed by atoms with Gasteiger partial charge in [-0.3, -0.25) is 4.79 Å². The summed E-state index contributed by atoms with van der Waals surface area (Å²) < 4.78 is 4.52. The van der Waals surface area contributed by atoms with E-state index in [1.807, 2.05) is 0 Å². The van der Waals surface area contributed by atoms with Crippen LogP contribution in [0.25, 0.3) is 6.08 Å². The lowest BCUT2D eigenvalue weighted by atomic mass is 10.1. The number of aromatic hydroxyl groups is 1. The van der Waals surface area contributed by atoms with Gasteiger partial charge in [0.2, 0.25) is 0 Å². The monoisotopic (exact) mass is 206 g/mol. The van der Waals surface area contributed by atoms with Crippen molar-refractivity contribution in [1.82, 2.24) is 0 Å². The fourth-order valence-corrected chi connectivity index (χ4v) is 1.08. The van der Waals surface area contributed by atoms with Gasteiger partial charge in [-0.15, -0.1) is 0 Å². The lowest BCUT2D eigenvalue weighted by Crippen LogP contribution is -2.00. The van der Waals surface area contributed by atoms with E-state index in [2.05, 4.69) is 4.74 Å². The average molecular weight is 206 g/mol. The van der Waals surface area contributed by atoms with Crippen molar-refractivity contribution >= 4 is 18.3 Å². The van der Waals surface area contributed by atoms with Crippen molar-refractivity contribution in [2.45, 2.75) is 0 Å². The number of carbonyl (C=O) groups is 2. The van der Waals surface area contributed by atoms with Crippen LogP contribution in [0.4, 0.5) is 0 Å². The maximum Gasteiger partial charge on any atom is 0.337 e. The number of carbonyl (C=O) groups excluding carboxylic acids is 2. The van der Waals surface area contributed by atoms with E-state index in [0.29, 0.717) is 17.4 Å². The van der Waals surface area contributed by atoms with E-state index in [1.54, 1.807) is 0 Å². The molecule has 1 aromatic carbocycles. The molecule has 0 aliphatic carbocycles. The molecule has 0 saturated heterocycles. The summed E-state index contributed by atoms with van der Waals surface area (Å²) in [7, 11) is 1.27. The second-order valence-electron chi connectivity index (χ2n) is 2.76. The van der Waals surface area contributed by atoms with Crippen molar-refractivity contribution in [3.63, 3.8) is 0 Å². The highest BCUT2D eigenvalue weighted by molar-refractivity contribution is 5.90. The average Bonchev–Trinajstić information content (AvgIpc) is 2.27. The fraction of sp³-hybridized carbons (Fsp3) is 0.0909. The van der Waals surface area contributed by atoms with E-state index in [4.69, 9.17) is 0 Å². The van der Waals surface area contributed by atoms with Crippen molar-refractivity contribution in [2.75, 3.05) is 7.11 Å².